The molecule has 360 valence electrons. The average Bonchev–Trinajstić information content (AvgIpc) is 4.09. The number of rotatable bonds is 14. The van der Waals surface area contributed by atoms with Crippen molar-refractivity contribution in [1.82, 2.24) is 35.3 Å². The molecule has 1 unspecified atom stereocenters. The van der Waals surface area contributed by atoms with Gasteiger partial charge in [-0.15, -0.1) is 32.9 Å². The number of amides is 3. The highest BCUT2D eigenvalue weighted by Gasteiger charge is 2.45. The standard InChI is InChI=1S/C52H58N8O7S2/c1-28-31(4)69-51-44(28)45(55-40(23-43(63)66-9)48-58-57-32(5)60(48)51)36-17-15-35(16-18-36)38-12-10-11-33(21-38)25-67-26-42(62)56-47(52(6,7)8)50(65)59-24-39(61)22-41(59)49(64)54-29(2)34-13-19-37(20-14-34)46-30(3)53-27-68-46/h10-21,27,29,39-41,47,61H,22-26H2,1-9H3,(H,54,64)(H,56,62)/t29-,39+,40-,41-,47?/m0/s1. The van der Waals surface area contributed by atoms with E-state index in [0.717, 1.165) is 70.7 Å². The number of carbonyl (C=O) groups is 4. The predicted molar refractivity (Wildman–Crippen MR) is 266 cm³/mol. The summed E-state index contributed by atoms with van der Waals surface area (Å²) >= 11 is 3.22. The summed E-state index contributed by atoms with van der Waals surface area (Å²) < 4.78 is 13.0. The number of aliphatic hydroxyl groups excluding tert-OH is 1. The maximum absolute atomic E-state index is 14.2. The number of hydrogen-bond acceptors (Lipinski definition) is 13. The second kappa shape index (κ2) is 20.3. The fourth-order valence-corrected chi connectivity index (χ4v) is 10.9. The van der Waals surface area contributed by atoms with Crippen molar-refractivity contribution < 1.29 is 33.8 Å². The molecule has 69 heavy (non-hydrogen) atoms. The first kappa shape index (κ1) is 49.0. The fraction of sp³-hybridized carbons (Fsp3) is 0.385. The molecule has 0 radical (unpaired) electrons. The van der Waals surface area contributed by atoms with Crippen molar-refractivity contribution in [2.24, 2.45) is 10.4 Å². The first-order chi connectivity index (χ1) is 32.9. The first-order valence-corrected chi connectivity index (χ1v) is 24.6. The molecule has 3 aromatic carbocycles. The molecule has 2 aliphatic rings. The molecule has 3 N–H and O–H groups in total. The largest absolute Gasteiger partial charge is 0.469 e. The number of methoxy groups -OCH3 is 1. The number of nitrogens with one attached hydrogen (secondary N) is 2. The summed E-state index contributed by atoms with van der Waals surface area (Å²) in [4.78, 5) is 67.2. The Bertz CT molecular complexity index is 2910. The predicted octanol–water partition coefficient (Wildman–Crippen LogP) is 7.69. The quantitative estimate of drug-likeness (QED) is 0.0913. The normalized spacial score (nSPS) is 17.6. The summed E-state index contributed by atoms with van der Waals surface area (Å²) in [7, 11) is 1.37. The van der Waals surface area contributed by atoms with Crippen LogP contribution in [-0.2, 0) is 35.3 Å². The number of β-amino-alcohol motifs (C(OH)–C–C–N with tert-alkyl or cyclic N) is 1. The highest BCUT2D eigenvalue weighted by atomic mass is 32.1. The van der Waals surface area contributed by atoms with Crippen LogP contribution in [-0.4, -0.2) is 97.6 Å². The molecular formula is C52H58N8O7S2. The minimum Gasteiger partial charge on any atom is -0.469 e. The number of aromatic nitrogens is 4. The van der Waals surface area contributed by atoms with Gasteiger partial charge in [0.05, 0.1) is 54.1 Å². The molecule has 15 nitrogen and oxygen atoms in total. The van der Waals surface area contributed by atoms with E-state index in [-0.39, 0.29) is 50.5 Å². The van der Waals surface area contributed by atoms with Gasteiger partial charge in [0.25, 0.3) is 0 Å². The van der Waals surface area contributed by atoms with Gasteiger partial charge in [-0.05, 0) is 79.5 Å². The van der Waals surface area contributed by atoms with Gasteiger partial charge in [0.1, 0.15) is 35.6 Å². The summed E-state index contributed by atoms with van der Waals surface area (Å²) in [6.45, 7) is 15.3. The van der Waals surface area contributed by atoms with Gasteiger partial charge in [-0.1, -0.05) is 87.5 Å². The zero-order chi connectivity index (χ0) is 49.3. The lowest BCUT2D eigenvalue weighted by molar-refractivity contribution is -0.144. The molecule has 1 fully saturated rings. The highest BCUT2D eigenvalue weighted by molar-refractivity contribution is 7.15. The third-order valence-corrected chi connectivity index (χ3v) is 15.0. The van der Waals surface area contributed by atoms with Crippen molar-refractivity contribution in [2.75, 3.05) is 20.3 Å². The molecule has 5 atom stereocenters. The minimum absolute atomic E-state index is 0.0192. The van der Waals surface area contributed by atoms with Crippen LogP contribution in [0.2, 0.25) is 0 Å². The second-order valence-corrected chi connectivity index (χ2v) is 20.9. The summed E-state index contributed by atoms with van der Waals surface area (Å²) in [6, 6.07) is 21.1. The number of fused-ring (bicyclic) bond motifs is 3. The van der Waals surface area contributed by atoms with E-state index in [1.807, 2.05) is 124 Å². The number of thiazole rings is 1. The van der Waals surface area contributed by atoms with Crippen molar-refractivity contribution in [3.63, 3.8) is 0 Å². The lowest BCUT2D eigenvalue weighted by Gasteiger charge is -2.35. The molecular weight excluding hydrogens is 913 g/mol. The average molecular weight is 971 g/mol. The molecule has 3 aromatic heterocycles. The van der Waals surface area contributed by atoms with Crippen LogP contribution >= 0.6 is 22.7 Å². The van der Waals surface area contributed by atoms with Gasteiger partial charge in [-0.2, -0.15) is 0 Å². The Labute approximate surface area is 410 Å². The summed E-state index contributed by atoms with van der Waals surface area (Å²) in [6.07, 6.45) is -0.791. The van der Waals surface area contributed by atoms with Crippen molar-refractivity contribution in [3.05, 3.63) is 128 Å². The maximum Gasteiger partial charge on any atom is 0.308 e. The van der Waals surface area contributed by atoms with E-state index < -0.39 is 41.5 Å². The van der Waals surface area contributed by atoms with Crippen LogP contribution < -0.4 is 10.6 Å². The Morgan fingerprint density at radius 3 is 2.30 bits per heavy atom. The van der Waals surface area contributed by atoms with Crippen LogP contribution in [0.3, 0.4) is 0 Å². The number of aryl methyl sites for hydroxylation is 3. The van der Waals surface area contributed by atoms with Crippen LogP contribution in [0.4, 0.5) is 0 Å². The molecule has 0 bridgehead atoms. The number of esters is 1. The number of benzene rings is 3. The van der Waals surface area contributed by atoms with Gasteiger partial charge in [-0.3, -0.25) is 28.7 Å². The van der Waals surface area contributed by atoms with Crippen LogP contribution in [0.25, 0.3) is 26.6 Å². The topological polar surface area (TPSA) is 190 Å². The van der Waals surface area contributed by atoms with Crippen LogP contribution in [0.5, 0.6) is 0 Å². The van der Waals surface area contributed by atoms with Gasteiger partial charge >= 0.3 is 5.97 Å². The molecule has 5 heterocycles. The second-order valence-electron chi connectivity index (χ2n) is 18.8. The lowest BCUT2D eigenvalue weighted by Crippen LogP contribution is -2.58. The number of aliphatic hydroxyl groups is 1. The number of nitrogens with zero attached hydrogens (tertiary/aromatic N) is 6. The number of thiophene rings is 1. The van der Waals surface area contributed by atoms with Crippen LogP contribution in [0, 0.1) is 33.1 Å². The molecule has 1 saturated heterocycles. The van der Waals surface area contributed by atoms with Gasteiger partial charge in [0.15, 0.2) is 5.82 Å². The van der Waals surface area contributed by atoms with Crippen molar-refractivity contribution >= 4 is 52.1 Å². The lowest BCUT2D eigenvalue weighted by atomic mass is 9.85. The Balaban J connectivity index is 0.901. The minimum atomic E-state index is -0.994. The van der Waals surface area contributed by atoms with E-state index in [0.29, 0.717) is 11.6 Å². The number of aliphatic imine (C=N–C) groups is 1. The first-order valence-electron chi connectivity index (χ1n) is 22.9. The van der Waals surface area contributed by atoms with Crippen LogP contribution in [0.1, 0.15) is 103 Å². The van der Waals surface area contributed by atoms with Gasteiger partial charge in [0, 0.05) is 29.0 Å². The molecule has 0 saturated carbocycles. The van der Waals surface area contributed by atoms with Crippen molar-refractivity contribution in [2.45, 2.75) is 105 Å². The Kier molecular flexibility index (Phi) is 14.4. The monoisotopic (exact) mass is 970 g/mol. The van der Waals surface area contributed by atoms with Crippen LogP contribution in [0.15, 0.2) is 83.3 Å². The van der Waals surface area contributed by atoms with Gasteiger partial charge in [-0.25, -0.2) is 4.98 Å². The SMILES string of the molecule is COC(=O)C[C@@H]1N=C(c2ccc(-c3cccc(COCC(=O)NC(C(=O)N4C[C@H](O)C[C@H]4C(=O)N[C@@H](C)c4ccc(-c5scnc5C)cc4)C(C)(C)C)c3)cc2)c2c(sc(C)c2C)-n2c(C)nnc21. The Morgan fingerprint density at radius 1 is 0.913 bits per heavy atom. The zero-order valence-corrected chi connectivity index (χ0v) is 42.0. The Morgan fingerprint density at radius 2 is 1.62 bits per heavy atom. The van der Waals surface area contributed by atoms with E-state index in [1.165, 1.54) is 12.0 Å². The highest BCUT2D eigenvalue weighted by Crippen LogP contribution is 2.40. The van der Waals surface area contributed by atoms with E-state index >= 15 is 0 Å². The number of likely N-dealkylation sites (tertiary alicyclic amines) is 1. The van der Waals surface area contributed by atoms with E-state index in [9.17, 15) is 24.3 Å². The molecule has 8 rings (SSSR count). The zero-order valence-electron chi connectivity index (χ0n) is 40.3. The van der Waals surface area contributed by atoms with Gasteiger partial charge < -0.3 is 30.1 Å². The van der Waals surface area contributed by atoms with E-state index in [1.54, 1.807) is 22.7 Å². The van der Waals surface area contributed by atoms with Gasteiger partial charge in [0.2, 0.25) is 17.7 Å². The number of hydrogen-bond donors (Lipinski definition) is 3. The molecule has 0 aliphatic carbocycles. The van der Waals surface area contributed by atoms with E-state index in [4.69, 9.17) is 14.5 Å². The Hall–Kier alpha value is -6.40. The van der Waals surface area contributed by atoms with Crippen molar-refractivity contribution in [1.29, 1.82) is 0 Å². The maximum atomic E-state index is 14.2. The summed E-state index contributed by atoms with van der Waals surface area (Å²) in [5.41, 5.74) is 10.5. The molecule has 0 spiro atoms. The summed E-state index contributed by atoms with van der Waals surface area (Å²) in [5, 5.41) is 26.4. The molecule has 6 aromatic rings. The molecule has 17 heteroatoms. The third kappa shape index (κ3) is 10.5. The fourth-order valence-electron chi connectivity index (χ4n) is 8.91. The molecule has 2 aliphatic heterocycles. The third-order valence-electron chi connectivity index (χ3n) is 12.8. The number of ether oxygens (including phenoxy) is 2. The number of carbonyl (C=O) groups excluding carboxylic acids is 4. The summed E-state index contributed by atoms with van der Waals surface area (Å²) in [5.74, 6) is -0.388. The van der Waals surface area contributed by atoms with Crippen molar-refractivity contribution in [3.8, 4) is 26.6 Å². The smallest absolute Gasteiger partial charge is 0.308 e. The van der Waals surface area contributed by atoms with E-state index in [2.05, 4.69) is 39.7 Å². The molecule has 3 amide bonds.